The standard InChI is InChI=1S/C15H20N6/c1-3-17-14(5-4-12-6-7-18-20(12)2)13-10-19-21-9-8-16-11-15(13)21/h6-11,14,17H,3-5H2,1-2H3. The molecule has 0 amide bonds. The largest absolute Gasteiger partial charge is 0.310 e. The number of nitrogens with zero attached hydrogens (tertiary/aromatic N) is 5. The van der Waals surface area contributed by atoms with E-state index in [1.807, 2.05) is 41.0 Å². The summed E-state index contributed by atoms with van der Waals surface area (Å²) in [6, 6.07) is 2.34. The fourth-order valence-electron chi connectivity index (χ4n) is 2.67. The van der Waals surface area contributed by atoms with Crippen LogP contribution < -0.4 is 5.32 Å². The Morgan fingerprint density at radius 2 is 2.14 bits per heavy atom. The second-order valence-electron chi connectivity index (χ2n) is 5.10. The molecule has 3 rings (SSSR count). The minimum Gasteiger partial charge on any atom is -0.310 e. The zero-order valence-corrected chi connectivity index (χ0v) is 12.4. The molecule has 6 heteroatoms. The van der Waals surface area contributed by atoms with Crippen LogP contribution in [-0.2, 0) is 13.5 Å². The van der Waals surface area contributed by atoms with E-state index in [0.29, 0.717) is 0 Å². The Labute approximate surface area is 123 Å². The molecule has 1 unspecified atom stereocenters. The third kappa shape index (κ3) is 2.80. The maximum atomic E-state index is 4.40. The van der Waals surface area contributed by atoms with Gasteiger partial charge in [0.15, 0.2) is 0 Å². The van der Waals surface area contributed by atoms with E-state index < -0.39 is 0 Å². The predicted octanol–water partition coefficient (Wildman–Crippen LogP) is 1.75. The lowest BCUT2D eigenvalue weighted by atomic mass is 10.0. The number of aryl methyl sites for hydroxylation is 2. The summed E-state index contributed by atoms with van der Waals surface area (Å²) in [7, 11) is 1.98. The zero-order chi connectivity index (χ0) is 14.7. The van der Waals surface area contributed by atoms with Crippen molar-refractivity contribution >= 4 is 5.52 Å². The van der Waals surface area contributed by atoms with Crippen LogP contribution in [-0.4, -0.2) is 30.9 Å². The Hall–Kier alpha value is -2.21. The summed E-state index contributed by atoms with van der Waals surface area (Å²) >= 11 is 0. The molecule has 0 spiro atoms. The maximum Gasteiger partial charge on any atom is 0.0892 e. The van der Waals surface area contributed by atoms with Gasteiger partial charge in [0.2, 0.25) is 0 Å². The van der Waals surface area contributed by atoms with E-state index in [0.717, 1.165) is 24.9 Å². The first-order valence-electron chi connectivity index (χ1n) is 7.27. The lowest BCUT2D eigenvalue weighted by molar-refractivity contribution is 0.508. The van der Waals surface area contributed by atoms with Crippen LogP contribution in [0.25, 0.3) is 5.52 Å². The van der Waals surface area contributed by atoms with Gasteiger partial charge in [0, 0.05) is 42.9 Å². The summed E-state index contributed by atoms with van der Waals surface area (Å²) < 4.78 is 3.80. The van der Waals surface area contributed by atoms with Crippen LogP contribution in [0, 0.1) is 0 Å². The molecule has 3 aromatic heterocycles. The SMILES string of the molecule is CCNC(CCc1ccnn1C)c1cnn2ccncc12. The van der Waals surface area contributed by atoms with E-state index in [2.05, 4.69) is 33.5 Å². The molecular weight excluding hydrogens is 264 g/mol. The van der Waals surface area contributed by atoms with E-state index in [4.69, 9.17) is 0 Å². The van der Waals surface area contributed by atoms with Crippen LogP contribution in [0.3, 0.4) is 0 Å². The number of nitrogens with one attached hydrogen (secondary N) is 1. The lowest BCUT2D eigenvalue weighted by Crippen LogP contribution is -2.21. The second-order valence-corrected chi connectivity index (χ2v) is 5.10. The van der Waals surface area contributed by atoms with Gasteiger partial charge in [-0.3, -0.25) is 9.67 Å². The van der Waals surface area contributed by atoms with Gasteiger partial charge in [0.1, 0.15) is 0 Å². The Bertz CT molecular complexity index is 714. The van der Waals surface area contributed by atoms with Crippen molar-refractivity contribution in [3.8, 4) is 0 Å². The molecule has 0 bridgehead atoms. The van der Waals surface area contributed by atoms with Gasteiger partial charge in [-0.05, 0) is 25.5 Å². The van der Waals surface area contributed by atoms with Crippen molar-refractivity contribution in [2.75, 3.05) is 6.54 Å². The number of fused-ring (bicyclic) bond motifs is 1. The fourth-order valence-corrected chi connectivity index (χ4v) is 2.67. The molecule has 3 aromatic rings. The summed E-state index contributed by atoms with van der Waals surface area (Å²) in [6.07, 6.45) is 11.3. The van der Waals surface area contributed by atoms with Crippen molar-refractivity contribution in [3.05, 3.63) is 48.3 Å². The van der Waals surface area contributed by atoms with Gasteiger partial charge in [-0.2, -0.15) is 10.2 Å². The highest BCUT2D eigenvalue weighted by Crippen LogP contribution is 2.23. The molecule has 0 aliphatic heterocycles. The second kappa shape index (κ2) is 6.05. The molecular formula is C15H20N6. The van der Waals surface area contributed by atoms with Crippen molar-refractivity contribution in [2.24, 2.45) is 7.05 Å². The molecule has 1 N–H and O–H groups in total. The normalized spacial score (nSPS) is 12.9. The Kier molecular flexibility index (Phi) is 3.96. The van der Waals surface area contributed by atoms with Gasteiger partial charge in [-0.1, -0.05) is 6.92 Å². The summed E-state index contributed by atoms with van der Waals surface area (Å²) in [5, 5.41) is 12.2. The monoisotopic (exact) mass is 284 g/mol. The van der Waals surface area contributed by atoms with Crippen LogP contribution in [0.15, 0.2) is 37.1 Å². The molecule has 3 heterocycles. The van der Waals surface area contributed by atoms with Crippen molar-refractivity contribution in [1.29, 1.82) is 0 Å². The van der Waals surface area contributed by atoms with E-state index in [-0.39, 0.29) is 6.04 Å². The van der Waals surface area contributed by atoms with Gasteiger partial charge in [-0.25, -0.2) is 4.52 Å². The summed E-state index contributed by atoms with van der Waals surface area (Å²) in [4.78, 5) is 4.21. The average molecular weight is 284 g/mol. The summed E-state index contributed by atoms with van der Waals surface area (Å²) in [6.45, 7) is 3.05. The van der Waals surface area contributed by atoms with E-state index in [1.165, 1.54) is 11.3 Å². The molecule has 0 aliphatic rings. The highest BCUT2D eigenvalue weighted by Gasteiger charge is 2.16. The zero-order valence-electron chi connectivity index (χ0n) is 12.4. The average Bonchev–Trinajstić information content (AvgIpc) is 3.10. The topological polar surface area (TPSA) is 60.0 Å². The van der Waals surface area contributed by atoms with Gasteiger partial charge in [0.25, 0.3) is 0 Å². The van der Waals surface area contributed by atoms with Gasteiger partial charge in [-0.15, -0.1) is 0 Å². The summed E-state index contributed by atoms with van der Waals surface area (Å²) in [5.41, 5.74) is 3.51. The minimum absolute atomic E-state index is 0.270. The van der Waals surface area contributed by atoms with Crippen molar-refractivity contribution < 1.29 is 0 Å². The number of aromatic nitrogens is 5. The van der Waals surface area contributed by atoms with Gasteiger partial charge >= 0.3 is 0 Å². The third-order valence-electron chi connectivity index (χ3n) is 3.79. The quantitative estimate of drug-likeness (QED) is 0.749. The number of rotatable bonds is 6. The van der Waals surface area contributed by atoms with Crippen LogP contribution in [0.2, 0.25) is 0 Å². The molecule has 0 fully saturated rings. The van der Waals surface area contributed by atoms with E-state index in [9.17, 15) is 0 Å². The first kappa shape index (κ1) is 13.8. The van der Waals surface area contributed by atoms with Crippen LogP contribution in [0.1, 0.15) is 30.6 Å². The molecule has 6 nitrogen and oxygen atoms in total. The van der Waals surface area contributed by atoms with Crippen LogP contribution in [0.4, 0.5) is 0 Å². The van der Waals surface area contributed by atoms with Crippen LogP contribution >= 0.6 is 0 Å². The molecule has 21 heavy (non-hydrogen) atoms. The minimum atomic E-state index is 0.270. The molecule has 0 aromatic carbocycles. The van der Waals surface area contributed by atoms with Crippen molar-refractivity contribution in [2.45, 2.75) is 25.8 Å². The van der Waals surface area contributed by atoms with Crippen molar-refractivity contribution in [3.63, 3.8) is 0 Å². The number of hydrogen-bond donors (Lipinski definition) is 1. The first-order valence-corrected chi connectivity index (χ1v) is 7.27. The van der Waals surface area contributed by atoms with Gasteiger partial charge < -0.3 is 5.32 Å². The Morgan fingerprint density at radius 3 is 2.90 bits per heavy atom. The van der Waals surface area contributed by atoms with Gasteiger partial charge in [0.05, 0.1) is 17.9 Å². The molecule has 0 radical (unpaired) electrons. The predicted molar refractivity (Wildman–Crippen MR) is 80.9 cm³/mol. The molecule has 0 aliphatic carbocycles. The maximum absolute atomic E-state index is 4.40. The first-order chi connectivity index (χ1) is 10.3. The molecule has 110 valence electrons. The van der Waals surface area contributed by atoms with E-state index >= 15 is 0 Å². The molecule has 0 saturated carbocycles. The summed E-state index contributed by atoms with van der Waals surface area (Å²) in [5.74, 6) is 0. The number of hydrogen-bond acceptors (Lipinski definition) is 4. The Morgan fingerprint density at radius 1 is 1.24 bits per heavy atom. The van der Waals surface area contributed by atoms with E-state index in [1.54, 1.807) is 6.20 Å². The highest BCUT2D eigenvalue weighted by atomic mass is 15.3. The third-order valence-corrected chi connectivity index (χ3v) is 3.79. The lowest BCUT2D eigenvalue weighted by Gasteiger charge is -2.17. The fraction of sp³-hybridized carbons (Fsp3) is 0.400. The van der Waals surface area contributed by atoms with Crippen LogP contribution in [0.5, 0.6) is 0 Å². The molecule has 1 atom stereocenters. The highest BCUT2D eigenvalue weighted by molar-refractivity contribution is 5.53. The smallest absolute Gasteiger partial charge is 0.0892 e. The molecule has 0 saturated heterocycles. The Balaban J connectivity index is 1.82. The van der Waals surface area contributed by atoms with Crippen molar-refractivity contribution in [1.82, 2.24) is 29.7 Å².